The minimum Gasteiger partial charge on any atom is -0.503 e. The Kier molecular flexibility index (Phi) is 10.0. The maximum atomic E-state index is 14.4. The Morgan fingerprint density at radius 2 is 0.918 bits per heavy atom. The molecule has 11 heteroatoms. The number of hydrogen-bond acceptors (Lipinski definition) is 6. The van der Waals surface area contributed by atoms with Crippen LogP contribution in [0, 0.1) is 35.9 Å². The summed E-state index contributed by atoms with van der Waals surface area (Å²) < 4.78 is 42.9. The van der Waals surface area contributed by atoms with Crippen molar-refractivity contribution in [2.24, 2.45) is 0 Å². The zero-order valence-corrected chi connectivity index (χ0v) is 29.5. The van der Waals surface area contributed by atoms with E-state index in [2.05, 4.69) is 44.2 Å². The molecule has 7 nitrogen and oxygen atoms in total. The van der Waals surface area contributed by atoms with Gasteiger partial charge in [0, 0.05) is 59.2 Å². The monoisotopic (exact) mass is 1010 g/mol. The molecule has 0 aliphatic carbocycles. The van der Waals surface area contributed by atoms with Crippen LogP contribution in [0.5, 0.6) is 23.0 Å². The van der Waals surface area contributed by atoms with Crippen molar-refractivity contribution in [3.8, 4) is 51.5 Å². The summed E-state index contributed by atoms with van der Waals surface area (Å²) in [7, 11) is 0. The third kappa shape index (κ3) is 6.78. The molecule has 242 valence electrons. The molecule has 0 amide bonds. The Morgan fingerprint density at radius 1 is 0.469 bits per heavy atom. The smallest absolute Gasteiger partial charge is 0.503 e. The number of ether oxygens (including phenoxy) is 2. The third-order valence-corrected chi connectivity index (χ3v) is 7.29. The van der Waals surface area contributed by atoms with Crippen LogP contribution in [0.2, 0.25) is 0 Å². The van der Waals surface area contributed by atoms with Crippen LogP contribution in [-0.4, -0.2) is 24.5 Å². The summed E-state index contributed by atoms with van der Waals surface area (Å²) in [5.74, 6) is 1.03. The zero-order valence-electron chi connectivity index (χ0n) is 24.9. The van der Waals surface area contributed by atoms with E-state index in [0.29, 0.717) is 51.1 Å². The van der Waals surface area contributed by atoms with Gasteiger partial charge in [0.1, 0.15) is 11.6 Å². The predicted molar refractivity (Wildman–Crippen MR) is 171 cm³/mol. The van der Waals surface area contributed by atoms with Gasteiger partial charge in [-0.05, 0) is 30.3 Å². The van der Waals surface area contributed by atoms with Gasteiger partial charge < -0.3 is 24.0 Å². The van der Waals surface area contributed by atoms with Crippen molar-refractivity contribution >= 4 is 21.8 Å². The van der Waals surface area contributed by atoms with Crippen molar-refractivity contribution in [2.45, 2.75) is 0 Å². The minimum atomic E-state index is -0.450. The molecule has 0 radical (unpaired) electrons. The molecule has 0 aliphatic heterocycles. The van der Waals surface area contributed by atoms with E-state index in [0.717, 1.165) is 10.8 Å². The number of aromatic nitrogens is 5. The summed E-state index contributed by atoms with van der Waals surface area (Å²) in [4.78, 5) is 17.3. The maximum absolute atomic E-state index is 14.4. The first-order chi connectivity index (χ1) is 23.1. The summed E-state index contributed by atoms with van der Waals surface area (Å²) in [6.45, 7) is 0. The molecule has 0 bridgehead atoms. The largest absolute Gasteiger partial charge is 2.00 e. The number of rotatable bonds is 7. The van der Waals surface area contributed by atoms with Gasteiger partial charge in [-0.2, -0.15) is 22.9 Å². The summed E-state index contributed by atoms with van der Waals surface area (Å²) in [6, 6.07) is 38.2. The van der Waals surface area contributed by atoms with Crippen LogP contribution < -0.4 is 9.47 Å². The fourth-order valence-corrected chi connectivity index (χ4v) is 5.25. The molecule has 0 saturated heterocycles. The van der Waals surface area contributed by atoms with Crippen molar-refractivity contribution < 1.29 is 60.4 Å². The fourth-order valence-electron chi connectivity index (χ4n) is 5.25. The van der Waals surface area contributed by atoms with Crippen LogP contribution in [0.4, 0.5) is 8.78 Å². The second-order valence-electron chi connectivity index (χ2n) is 10.3. The van der Waals surface area contributed by atoms with Crippen LogP contribution >= 0.6 is 0 Å². The van der Waals surface area contributed by atoms with E-state index in [9.17, 15) is 8.78 Å². The second kappa shape index (κ2) is 14.6. The molecule has 8 aromatic rings. The topological polar surface area (TPSA) is 75.0 Å². The summed E-state index contributed by atoms with van der Waals surface area (Å²) in [5.41, 5.74) is 2.57. The van der Waals surface area contributed by atoms with E-state index in [1.54, 1.807) is 67.0 Å². The second-order valence-corrected chi connectivity index (χ2v) is 10.3. The summed E-state index contributed by atoms with van der Waals surface area (Å²) in [6.07, 6.45) is 6.35. The quantitative estimate of drug-likeness (QED) is 0.149. The molecule has 0 saturated carbocycles. The molecular formula is C38H19F2N5O2Pt2. The van der Waals surface area contributed by atoms with Gasteiger partial charge in [-0.3, -0.25) is 0 Å². The summed E-state index contributed by atoms with van der Waals surface area (Å²) >= 11 is 0. The van der Waals surface area contributed by atoms with Crippen LogP contribution in [0.25, 0.3) is 50.3 Å². The van der Waals surface area contributed by atoms with Gasteiger partial charge in [-0.1, -0.05) is 23.2 Å². The number of benzene rings is 4. The van der Waals surface area contributed by atoms with Gasteiger partial charge in [0.2, 0.25) is 5.95 Å². The van der Waals surface area contributed by atoms with Crippen LogP contribution in [0.15, 0.2) is 116 Å². The maximum Gasteiger partial charge on any atom is 2.00 e. The van der Waals surface area contributed by atoms with Crippen LogP contribution in [0.3, 0.4) is 0 Å². The van der Waals surface area contributed by atoms with Crippen molar-refractivity contribution in [1.29, 1.82) is 0 Å². The molecule has 4 aromatic heterocycles. The van der Waals surface area contributed by atoms with Crippen molar-refractivity contribution in [2.75, 3.05) is 0 Å². The van der Waals surface area contributed by atoms with E-state index in [1.165, 1.54) is 36.7 Å². The Labute approximate surface area is 308 Å². The van der Waals surface area contributed by atoms with Gasteiger partial charge in [0.15, 0.2) is 0 Å². The first kappa shape index (κ1) is 33.8. The molecule has 0 atom stereocenters. The number of hydrogen-bond donors (Lipinski definition) is 0. The van der Waals surface area contributed by atoms with Crippen LogP contribution in [-0.2, 0) is 42.1 Å². The van der Waals surface area contributed by atoms with E-state index in [-0.39, 0.29) is 53.5 Å². The zero-order chi connectivity index (χ0) is 31.7. The number of pyridine rings is 2. The molecule has 4 heterocycles. The molecule has 49 heavy (non-hydrogen) atoms. The molecule has 4 aromatic carbocycles. The van der Waals surface area contributed by atoms with Gasteiger partial charge >= 0.3 is 42.1 Å². The molecule has 0 aliphatic rings. The van der Waals surface area contributed by atoms with E-state index in [4.69, 9.17) is 9.47 Å². The Balaban J connectivity index is 0.00000208. The van der Waals surface area contributed by atoms with Crippen LogP contribution in [0.1, 0.15) is 0 Å². The average Bonchev–Trinajstić information content (AvgIpc) is 3.42. The van der Waals surface area contributed by atoms with Gasteiger partial charge in [-0.15, -0.1) is 71.8 Å². The van der Waals surface area contributed by atoms with E-state index in [1.807, 2.05) is 16.7 Å². The third-order valence-electron chi connectivity index (χ3n) is 7.29. The standard InChI is InChI=1S/C38H19F2N5O2.2Pt/c39-32-10-3-16-41-36(32)24-6-1-8-26(20-24)46-28-12-14-30-31-15-13-29(23-35(31)45(34(30)22-28)38-43-18-5-19-44-38)47-27-9-2-7-25(21-27)37-33(40)11-4-17-42-37;;/h1-19H;;/q-4;2*+2. The molecule has 0 N–H and O–H groups in total. The van der Waals surface area contributed by atoms with Gasteiger partial charge in [0.25, 0.3) is 0 Å². The normalized spacial score (nSPS) is 10.7. The van der Waals surface area contributed by atoms with Crippen molar-refractivity contribution in [3.05, 3.63) is 152 Å². The Hall–Kier alpha value is -5.10. The molecule has 0 fully saturated rings. The molecule has 0 spiro atoms. The first-order valence-electron chi connectivity index (χ1n) is 14.4. The minimum absolute atomic E-state index is 0. The van der Waals surface area contributed by atoms with E-state index >= 15 is 0 Å². The number of fused-ring (bicyclic) bond motifs is 3. The number of nitrogens with zero attached hydrogens (tertiary/aromatic N) is 5. The SMILES string of the molecule is Fc1cccnc1-c1[c-]c(Oc2[c-]c3c(cc2)c2ccc(Oc4[c-]c(-c5ncccc5F)ccc4)[c-]c2n3-c2ncccn2)ccc1.[Pt+2].[Pt+2]. The molecular weight excluding hydrogens is 987 g/mol. The fraction of sp³-hybridized carbons (Fsp3) is 0. The van der Waals surface area contributed by atoms with Gasteiger partial charge in [0.05, 0.1) is 0 Å². The number of halogens is 2. The summed E-state index contributed by atoms with van der Waals surface area (Å²) in [5, 5.41) is 1.71. The molecule has 0 unspecified atom stereocenters. The first-order valence-corrected chi connectivity index (χ1v) is 14.4. The predicted octanol–water partition coefficient (Wildman–Crippen LogP) is 8.76. The molecule has 8 rings (SSSR count). The Bertz CT molecular complexity index is 2280. The van der Waals surface area contributed by atoms with Crippen molar-refractivity contribution in [1.82, 2.24) is 24.5 Å². The Morgan fingerprint density at radius 3 is 1.39 bits per heavy atom. The van der Waals surface area contributed by atoms with Gasteiger partial charge in [-0.25, -0.2) is 18.7 Å². The average molecular weight is 1010 g/mol. The van der Waals surface area contributed by atoms with Crippen molar-refractivity contribution in [3.63, 3.8) is 0 Å². The van der Waals surface area contributed by atoms with E-state index < -0.39 is 11.6 Å².